The van der Waals surface area contributed by atoms with E-state index in [-0.39, 0.29) is 0 Å². The monoisotopic (exact) mass is 453 g/mol. The van der Waals surface area contributed by atoms with Crippen molar-refractivity contribution >= 4 is 28.9 Å². The van der Waals surface area contributed by atoms with Crippen molar-refractivity contribution in [3.8, 4) is 0 Å². The molecule has 0 N–H and O–H groups in total. The first-order chi connectivity index (χ1) is 15.2. The summed E-state index contributed by atoms with van der Waals surface area (Å²) in [6, 6.07) is 10.1. The molecule has 5 nitrogen and oxygen atoms in total. The highest BCUT2D eigenvalue weighted by atomic mass is 35.5. The van der Waals surface area contributed by atoms with Crippen LogP contribution in [0.3, 0.4) is 0 Å². The van der Waals surface area contributed by atoms with Gasteiger partial charge in [0.15, 0.2) is 5.82 Å². The molecule has 31 heavy (non-hydrogen) atoms. The van der Waals surface area contributed by atoms with E-state index in [1.807, 2.05) is 24.4 Å². The highest BCUT2D eigenvalue weighted by Gasteiger charge is 2.21. The lowest BCUT2D eigenvalue weighted by Crippen LogP contribution is -2.32. The molecule has 0 fully saturated rings. The fourth-order valence-electron chi connectivity index (χ4n) is 4.34. The molecule has 1 aromatic carbocycles. The summed E-state index contributed by atoms with van der Waals surface area (Å²) >= 11 is 12.2. The van der Waals surface area contributed by atoms with Gasteiger partial charge in [-0.05, 0) is 49.1 Å². The second-order valence-corrected chi connectivity index (χ2v) is 9.10. The second-order valence-electron chi connectivity index (χ2n) is 8.29. The van der Waals surface area contributed by atoms with Gasteiger partial charge in [-0.3, -0.25) is 9.89 Å². The molecule has 4 heterocycles. The maximum absolute atomic E-state index is 6.19. The minimum Gasteiger partial charge on any atom is -0.346 e. The molecule has 2 aliphatic heterocycles. The summed E-state index contributed by atoms with van der Waals surface area (Å²) in [6.45, 7) is 4.44. The average molecular weight is 454 g/mol. The number of hydrogen-bond donors (Lipinski definition) is 0. The van der Waals surface area contributed by atoms with Crippen molar-refractivity contribution in [2.45, 2.75) is 45.3 Å². The number of aliphatic imine (C=N–C) groups is 1. The largest absolute Gasteiger partial charge is 0.346 e. The molecule has 0 amide bonds. The Morgan fingerprint density at radius 1 is 1.00 bits per heavy atom. The summed E-state index contributed by atoms with van der Waals surface area (Å²) in [5, 5.41) is 1.19. The zero-order valence-corrected chi connectivity index (χ0v) is 18.9. The Morgan fingerprint density at radius 2 is 1.94 bits per heavy atom. The van der Waals surface area contributed by atoms with Crippen molar-refractivity contribution in [2.75, 3.05) is 13.1 Å². The summed E-state index contributed by atoms with van der Waals surface area (Å²) in [7, 11) is 0. The quantitative estimate of drug-likeness (QED) is 0.535. The van der Waals surface area contributed by atoms with Crippen LogP contribution in [0, 0.1) is 0 Å². The molecule has 0 spiro atoms. The standard InChI is InChI=1S/C24H25Cl2N5/c25-20-7-6-17(12-21(20)26)14-31-10-3-4-19(31)16-30-11-8-22-18(15-30)13-28-24(29-22)23-5-1-2-9-27-23/h3-4,6-7,10,12-13H,1-2,5,8-9,11,14-16H2. The van der Waals surface area contributed by atoms with Crippen LogP contribution in [0.2, 0.25) is 10.0 Å². The zero-order chi connectivity index (χ0) is 21.2. The molecule has 0 radical (unpaired) electrons. The maximum Gasteiger partial charge on any atom is 0.173 e. The van der Waals surface area contributed by atoms with Gasteiger partial charge in [0.2, 0.25) is 0 Å². The minimum absolute atomic E-state index is 0.589. The summed E-state index contributed by atoms with van der Waals surface area (Å²) in [5.41, 5.74) is 5.91. The molecule has 0 saturated carbocycles. The van der Waals surface area contributed by atoms with Crippen LogP contribution >= 0.6 is 23.2 Å². The van der Waals surface area contributed by atoms with Crippen molar-refractivity contribution in [3.63, 3.8) is 0 Å². The van der Waals surface area contributed by atoms with Crippen molar-refractivity contribution in [2.24, 2.45) is 4.99 Å². The van der Waals surface area contributed by atoms with Crippen LogP contribution < -0.4 is 0 Å². The molecule has 2 aromatic heterocycles. The van der Waals surface area contributed by atoms with Gasteiger partial charge in [-0.2, -0.15) is 0 Å². The van der Waals surface area contributed by atoms with E-state index in [1.165, 1.54) is 29.8 Å². The van der Waals surface area contributed by atoms with Crippen LogP contribution in [0.25, 0.3) is 0 Å². The van der Waals surface area contributed by atoms with Crippen LogP contribution in [0.4, 0.5) is 0 Å². The van der Waals surface area contributed by atoms with Gasteiger partial charge >= 0.3 is 0 Å². The molecule has 0 bridgehead atoms. The summed E-state index contributed by atoms with van der Waals surface area (Å²) in [6.07, 6.45) is 8.45. The molecule has 7 heteroatoms. The third-order valence-electron chi connectivity index (χ3n) is 6.04. The van der Waals surface area contributed by atoms with Gasteiger partial charge in [0, 0.05) is 62.8 Å². The van der Waals surface area contributed by atoms with E-state index in [0.29, 0.717) is 10.0 Å². The predicted molar refractivity (Wildman–Crippen MR) is 125 cm³/mol. The Morgan fingerprint density at radius 3 is 2.77 bits per heavy atom. The Bertz CT molecular complexity index is 1120. The van der Waals surface area contributed by atoms with Crippen LogP contribution in [-0.2, 0) is 26.1 Å². The zero-order valence-electron chi connectivity index (χ0n) is 17.4. The first-order valence-electron chi connectivity index (χ1n) is 10.8. The lowest BCUT2D eigenvalue weighted by atomic mass is 10.1. The third kappa shape index (κ3) is 4.69. The Balaban J connectivity index is 1.27. The number of hydrogen-bond acceptors (Lipinski definition) is 4. The predicted octanol–water partition coefficient (Wildman–Crippen LogP) is 5.16. The van der Waals surface area contributed by atoms with Gasteiger partial charge in [-0.15, -0.1) is 0 Å². The van der Waals surface area contributed by atoms with Crippen LogP contribution in [0.15, 0.2) is 47.7 Å². The second kappa shape index (κ2) is 9.11. The number of aromatic nitrogens is 3. The van der Waals surface area contributed by atoms with E-state index in [1.54, 1.807) is 0 Å². The van der Waals surface area contributed by atoms with Crippen LogP contribution in [-0.4, -0.2) is 38.2 Å². The summed E-state index contributed by atoms with van der Waals surface area (Å²) in [5.74, 6) is 0.836. The molecule has 5 rings (SSSR count). The lowest BCUT2D eigenvalue weighted by Gasteiger charge is -2.28. The first-order valence-corrected chi connectivity index (χ1v) is 11.6. The van der Waals surface area contributed by atoms with E-state index in [9.17, 15) is 0 Å². The topological polar surface area (TPSA) is 46.3 Å². The maximum atomic E-state index is 6.19. The van der Waals surface area contributed by atoms with Gasteiger partial charge in [-0.1, -0.05) is 29.3 Å². The highest BCUT2D eigenvalue weighted by molar-refractivity contribution is 6.42. The molecule has 160 valence electrons. The average Bonchev–Trinajstić information content (AvgIpc) is 3.23. The van der Waals surface area contributed by atoms with E-state index in [0.717, 1.165) is 62.7 Å². The number of rotatable bonds is 5. The SMILES string of the molecule is Clc1ccc(Cn2cccc2CN2CCc3nc(C4=NCCCC4)ncc3C2)cc1Cl. The molecule has 0 unspecified atom stereocenters. The van der Waals surface area contributed by atoms with Crippen molar-refractivity contribution in [1.82, 2.24) is 19.4 Å². The first kappa shape index (κ1) is 20.7. The number of fused-ring (bicyclic) bond motifs is 1. The van der Waals surface area contributed by atoms with E-state index < -0.39 is 0 Å². The minimum atomic E-state index is 0.589. The Kier molecular flexibility index (Phi) is 6.08. The smallest absolute Gasteiger partial charge is 0.173 e. The van der Waals surface area contributed by atoms with Gasteiger partial charge in [0.1, 0.15) is 0 Å². The number of nitrogens with zero attached hydrogens (tertiary/aromatic N) is 5. The Labute approximate surface area is 192 Å². The molecule has 0 saturated heterocycles. The molecule has 3 aromatic rings. The molecule has 0 aliphatic carbocycles. The van der Waals surface area contributed by atoms with Gasteiger partial charge in [-0.25, -0.2) is 9.97 Å². The summed E-state index contributed by atoms with van der Waals surface area (Å²) < 4.78 is 2.27. The fourth-order valence-corrected chi connectivity index (χ4v) is 4.66. The summed E-state index contributed by atoms with van der Waals surface area (Å²) in [4.78, 5) is 16.6. The van der Waals surface area contributed by atoms with Crippen LogP contribution in [0.5, 0.6) is 0 Å². The van der Waals surface area contributed by atoms with Crippen molar-refractivity contribution in [1.29, 1.82) is 0 Å². The lowest BCUT2D eigenvalue weighted by molar-refractivity contribution is 0.237. The normalized spacial score (nSPS) is 16.8. The fraction of sp³-hybridized carbons (Fsp3) is 0.375. The van der Waals surface area contributed by atoms with Crippen molar-refractivity contribution < 1.29 is 0 Å². The molecular weight excluding hydrogens is 429 g/mol. The van der Waals surface area contributed by atoms with Crippen LogP contribution in [0.1, 0.15) is 47.6 Å². The highest BCUT2D eigenvalue weighted by Crippen LogP contribution is 2.24. The molecule has 2 aliphatic rings. The van der Waals surface area contributed by atoms with E-state index in [4.69, 9.17) is 28.2 Å². The van der Waals surface area contributed by atoms with Gasteiger partial charge < -0.3 is 4.57 Å². The molecular formula is C24H25Cl2N5. The van der Waals surface area contributed by atoms with Crippen molar-refractivity contribution in [3.05, 3.63) is 81.1 Å². The van der Waals surface area contributed by atoms with E-state index in [2.05, 4.69) is 37.8 Å². The Hall–Kier alpha value is -2.21. The number of halogens is 2. The van der Waals surface area contributed by atoms with Gasteiger partial charge in [0.05, 0.1) is 21.5 Å². The molecule has 0 atom stereocenters. The van der Waals surface area contributed by atoms with E-state index >= 15 is 0 Å². The third-order valence-corrected chi connectivity index (χ3v) is 6.78. The number of benzene rings is 1. The van der Waals surface area contributed by atoms with Gasteiger partial charge in [0.25, 0.3) is 0 Å².